The standard InChI is InChI=1S/C18H20ClNO2/c1-12(2)16-9-4-5-10-17(16)20-18(21)13(3)22-15-8-6-7-14(19)11-15/h4-13H,1-3H3,(H,20,21)/t13-/m1/s1. The highest BCUT2D eigenvalue weighted by Gasteiger charge is 2.17. The second-order valence-electron chi connectivity index (χ2n) is 5.45. The van der Waals surface area contributed by atoms with Crippen molar-refractivity contribution in [3.63, 3.8) is 0 Å². The van der Waals surface area contributed by atoms with Gasteiger partial charge >= 0.3 is 0 Å². The van der Waals surface area contributed by atoms with Gasteiger partial charge in [-0.05, 0) is 42.7 Å². The molecule has 22 heavy (non-hydrogen) atoms. The monoisotopic (exact) mass is 317 g/mol. The average molecular weight is 318 g/mol. The summed E-state index contributed by atoms with van der Waals surface area (Å²) in [6.07, 6.45) is -0.612. The molecular weight excluding hydrogens is 298 g/mol. The molecule has 4 heteroatoms. The van der Waals surface area contributed by atoms with Gasteiger partial charge in [0.05, 0.1) is 0 Å². The van der Waals surface area contributed by atoms with E-state index in [9.17, 15) is 4.79 Å². The zero-order valence-corrected chi connectivity index (χ0v) is 13.7. The van der Waals surface area contributed by atoms with Crippen LogP contribution in [0.1, 0.15) is 32.3 Å². The van der Waals surface area contributed by atoms with Gasteiger partial charge in [0.15, 0.2) is 6.10 Å². The zero-order chi connectivity index (χ0) is 16.1. The lowest BCUT2D eigenvalue weighted by Crippen LogP contribution is -2.30. The Morgan fingerprint density at radius 3 is 2.50 bits per heavy atom. The lowest BCUT2D eigenvalue weighted by molar-refractivity contribution is -0.122. The molecule has 116 valence electrons. The summed E-state index contributed by atoms with van der Waals surface area (Å²) in [5.41, 5.74) is 1.93. The highest BCUT2D eigenvalue weighted by atomic mass is 35.5. The Morgan fingerprint density at radius 2 is 1.82 bits per heavy atom. The van der Waals surface area contributed by atoms with Gasteiger partial charge in [0, 0.05) is 10.7 Å². The quantitative estimate of drug-likeness (QED) is 0.854. The number of hydrogen-bond acceptors (Lipinski definition) is 2. The topological polar surface area (TPSA) is 38.3 Å². The summed E-state index contributed by atoms with van der Waals surface area (Å²) >= 11 is 5.91. The summed E-state index contributed by atoms with van der Waals surface area (Å²) in [6.45, 7) is 5.90. The van der Waals surface area contributed by atoms with Crippen LogP contribution in [0.25, 0.3) is 0 Å². The molecule has 0 aromatic heterocycles. The molecule has 0 radical (unpaired) electrons. The first kappa shape index (κ1) is 16.4. The fourth-order valence-electron chi connectivity index (χ4n) is 2.15. The molecule has 0 aliphatic heterocycles. The smallest absolute Gasteiger partial charge is 0.265 e. The maximum absolute atomic E-state index is 12.3. The third-order valence-electron chi connectivity index (χ3n) is 3.32. The molecule has 0 heterocycles. The van der Waals surface area contributed by atoms with Crippen LogP contribution < -0.4 is 10.1 Å². The van der Waals surface area contributed by atoms with Crippen LogP contribution in [0.5, 0.6) is 5.75 Å². The number of hydrogen-bond donors (Lipinski definition) is 1. The molecule has 0 aliphatic carbocycles. The molecule has 2 rings (SSSR count). The molecular formula is C18H20ClNO2. The summed E-state index contributed by atoms with van der Waals surface area (Å²) in [5.74, 6) is 0.723. The first-order valence-electron chi connectivity index (χ1n) is 7.29. The highest BCUT2D eigenvalue weighted by molar-refractivity contribution is 6.30. The minimum Gasteiger partial charge on any atom is -0.481 e. The molecule has 2 aromatic rings. The predicted octanol–water partition coefficient (Wildman–Crippen LogP) is 4.87. The van der Waals surface area contributed by atoms with Crippen LogP contribution in [0.15, 0.2) is 48.5 Å². The molecule has 1 amide bonds. The molecule has 0 saturated carbocycles. The van der Waals surface area contributed by atoms with E-state index in [1.807, 2.05) is 24.3 Å². The Labute approximate surface area is 136 Å². The Hall–Kier alpha value is -2.00. The number of nitrogens with one attached hydrogen (secondary N) is 1. The van der Waals surface area contributed by atoms with Gasteiger partial charge in [-0.2, -0.15) is 0 Å². The number of halogens is 1. The predicted molar refractivity (Wildman–Crippen MR) is 90.7 cm³/mol. The largest absolute Gasteiger partial charge is 0.481 e. The van der Waals surface area contributed by atoms with Gasteiger partial charge < -0.3 is 10.1 Å². The van der Waals surface area contributed by atoms with Crippen molar-refractivity contribution in [2.75, 3.05) is 5.32 Å². The average Bonchev–Trinajstić information content (AvgIpc) is 2.47. The molecule has 0 spiro atoms. The Bertz CT molecular complexity index is 655. The number of amides is 1. The van der Waals surface area contributed by atoms with E-state index in [-0.39, 0.29) is 5.91 Å². The van der Waals surface area contributed by atoms with Crippen molar-refractivity contribution in [2.24, 2.45) is 0 Å². The highest BCUT2D eigenvalue weighted by Crippen LogP contribution is 2.24. The van der Waals surface area contributed by atoms with Gasteiger partial charge in [0.1, 0.15) is 5.75 Å². The van der Waals surface area contributed by atoms with Crippen LogP contribution in [-0.2, 0) is 4.79 Å². The number of carbonyl (C=O) groups is 1. The normalized spacial score (nSPS) is 12.0. The number of anilines is 1. The van der Waals surface area contributed by atoms with Crippen LogP contribution in [-0.4, -0.2) is 12.0 Å². The molecule has 2 aromatic carbocycles. The number of ether oxygens (including phenoxy) is 1. The fourth-order valence-corrected chi connectivity index (χ4v) is 2.33. The lowest BCUT2D eigenvalue weighted by atomic mass is 10.0. The Kier molecular flexibility index (Phi) is 5.45. The molecule has 0 fully saturated rings. The minimum absolute atomic E-state index is 0.187. The summed E-state index contributed by atoms with van der Waals surface area (Å²) in [7, 11) is 0. The van der Waals surface area contributed by atoms with Crippen molar-refractivity contribution in [1.82, 2.24) is 0 Å². The maximum atomic E-state index is 12.3. The Morgan fingerprint density at radius 1 is 1.09 bits per heavy atom. The first-order chi connectivity index (χ1) is 10.5. The van der Waals surface area contributed by atoms with E-state index in [1.54, 1.807) is 31.2 Å². The van der Waals surface area contributed by atoms with Crippen molar-refractivity contribution in [1.29, 1.82) is 0 Å². The van der Waals surface area contributed by atoms with Gasteiger partial charge in [-0.25, -0.2) is 0 Å². The van der Waals surface area contributed by atoms with E-state index < -0.39 is 6.10 Å². The minimum atomic E-state index is -0.612. The van der Waals surface area contributed by atoms with Crippen LogP contribution in [0.2, 0.25) is 5.02 Å². The van der Waals surface area contributed by atoms with E-state index in [2.05, 4.69) is 19.2 Å². The van der Waals surface area contributed by atoms with Crippen molar-refractivity contribution >= 4 is 23.2 Å². The van der Waals surface area contributed by atoms with Gasteiger partial charge in [0.25, 0.3) is 5.91 Å². The molecule has 3 nitrogen and oxygen atoms in total. The third-order valence-corrected chi connectivity index (χ3v) is 3.55. The van der Waals surface area contributed by atoms with E-state index in [0.717, 1.165) is 11.3 Å². The summed E-state index contributed by atoms with van der Waals surface area (Å²) < 4.78 is 5.63. The van der Waals surface area contributed by atoms with Crippen LogP contribution in [0.3, 0.4) is 0 Å². The van der Waals surface area contributed by atoms with Crippen molar-refractivity contribution in [3.05, 3.63) is 59.1 Å². The van der Waals surface area contributed by atoms with Gasteiger partial charge in [-0.3, -0.25) is 4.79 Å². The second-order valence-corrected chi connectivity index (χ2v) is 5.89. The molecule has 1 N–H and O–H groups in total. The van der Waals surface area contributed by atoms with Crippen molar-refractivity contribution in [2.45, 2.75) is 32.8 Å². The number of carbonyl (C=O) groups excluding carboxylic acids is 1. The maximum Gasteiger partial charge on any atom is 0.265 e. The van der Waals surface area contributed by atoms with E-state index in [4.69, 9.17) is 16.3 Å². The summed E-state index contributed by atoms with van der Waals surface area (Å²) in [4.78, 5) is 12.3. The van der Waals surface area contributed by atoms with Crippen LogP contribution >= 0.6 is 11.6 Å². The number of rotatable bonds is 5. The molecule has 0 aliphatic rings. The van der Waals surface area contributed by atoms with Crippen LogP contribution in [0.4, 0.5) is 5.69 Å². The number of benzene rings is 2. The van der Waals surface area contributed by atoms with E-state index in [0.29, 0.717) is 16.7 Å². The second kappa shape index (κ2) is 7.32. The Balaban J connectivity index is 2.06. The SMILES string of the molecule is CC(C)c1ccccc1NC(=O)[C@@H](C)Oc1cccc(Cl)c1. The van der Waals surface area contributed by atoms with Gasteiger partial charge in [0.2, 0.25) is 0 Å². The summed E-state index contributed by atoms with van der Waals surface area (Å²) in [5, 5.41) is 3.51. The van der Waals surface area contributed by atoms with Crippen molar-refractivity contribution in [3.8, 4) is 5.75 Å². The van der Waals surface area contributed by atoms with Crippen LogP contribution in [0, 0.1) is 0 Å². The molecule has 0 unspecified atom stereocenters. The lowest BCUT2D eigenvalue weighted by Gasteiger charge is -2.17. The van der Waals surface area contributed by atoms with E-state index >= 15 is 0 Å². The van der Waals surface area contributed by atoms with Gasteiger partial charge in [-0.15, -0.1) is 0 Å². The zero-order valence-electron chi connectivity index (χ0n) is 13.0. The molecule has 0 bridgehead atoms. The van der Waals surface area contributed by atoms with Gasteiger partial charge in [-0.1, -0.05) is 49.7 Å². The molecule has 1 atom stereocenters. The number of para-hydroxylation sites is 1. The summed E-state index contributed by atoms with van der Waals surface area (Å²) in [6, 6.07) is 14.8. The van der Waals surface area contributed by atoms with E-state index in [1.165, 1.54) is 0 Å². The molecule has 0 saturated heterocycles. The first-order valence-corrected chi connectivity index (χ1v) is 7.67. The fraction of sp³-hybridized carbons (Fsp3) is 0.278. The van der Waals surface area contributed by atoms with Crippen molar-refractivity contribution < 1.29 is 9.53 Å². The third kappa shape index (κ3) is 4.25.